The number of rotatable bonds is 7. The molecule has 34 heavy (non-hydrogen) atoms. The summed E-state index contributed by atoms with van der Waals surface area (Å²) >= 11 is 0. The molecule has 1 aliphatic rings. The molecular weight excluding hydrogens is 455 g/mol. The van der Waals surface area contributed by atoms with Gasteiger partial charge in [-0.15, -0.1) is 0 Å². The second-order valence-electron chi connectivity index (χ2n) is 7.23. The van der Waals surface area contributed by atoms with E-state index in [0.717, 1.165) is 6.20 Å². The summed E-state index contributed by atoms with van der Waals surface area (Å²) in [5.41, 5.74) is -3.52. The quantitative estimate of drug-likeness (QED) is 0.518. The summed E-state index contributed by atoms with van der Waals surface area (Å²) in [6.45, 7) is -3.47. The number of H-pyrrole nitrogens is 1. The Bertz CT molecular complexity index is 1420. The fraction of sp³-hybridized carbons (Fsp3) is 0.400. The van der Waals surface area contributed by atoms with E-state index in [-0.39, 0.29) is 36.0 Å². The molecule has 0 fully saturated rings. The molecule has 11 nitrogen and oxygen atoms in total. The van der Waals surface area contributed by atoms with Crippen LogP contribution < -0.4 is 15.8 Å². The van der Waals surface area contributed by atoms with E-state index in [1.54, 1.807) is 5.10 Å². The summed E-state index contributed by atoms with van der Waals surface area (Å²) in [4.78, 5) is 20.9. The van der Waals surface area contributed by atoms with Gasteiger partial charge >= 0.3 is 6.18 Å². The van der Waals surface area contributed by atoms with Gasteiger partial charge in [0.1, 0.15) is 11.6 Å². The Morgan fingerprint density at radius 3 is 2.85 bits per heavy atom. The number of fused-ring (bicyclic) bond motifs is 1. The van der Waals surface area contributed by atoms with E-state index in [4.69, 9.17) is 15.5 Å². The first-order valence-electron chi connectivity index (χ1n) is 11.9. The summed E-state index contributed by atoms with van der Waals surface area (Å²) in [5, 5.41) is 20.6. The summed E-state index contributed by atoms with van der Waals surface area (Å²) < 4.78 is 80.1. The number of aromatic nitrogens is 6. The van der Waals surface area contributed by atoms with Crippen LogP contribution >= 0.6 is 0 Å². The molecule has 0 aliphatic carbocycles. The fourth-order valence-electron chi connectivity index (χ4n) is 3.12. The van der Waals surface area contributed by atoms with E-state index >= 15 is 0 Å². The van der Waals surface area contributed by atoms with Crippen LogP contribution in [0.4, 0.5) is 24.8 Å². The molecule has 14 heteroatoms. The Hall–Kier alpha value is -3.99. The first-order chi connectivity index (χ1) is 17.7. The van der Waals surface area contributed by atoms with Gasteiger partial charge in [-0.05, 0) is 13.0 Å². The van der Waals surface area contributed by atoms with Gasteiger partial charge in [-0.3, -0.25) is 9.48 Å². The van der Waals surface area contributed by atoms with Gasteiger partial charge in [0, 0.05) is 12.6 Å². The van der Waals surface area contributed by atoms with E-state index in [1.807, 2.05) is 6.07 Å². The molecule has 178 valence electrons. The van der Waals surface area contributed by atoms with Crippen LogP contribution in [-0.4, -0.2) is 49.1 Å². The lowest BCUT2D eigenvalue weighted by molar-refractivity contribution is -0.138. The highest BCUT2D eigenvalue weighted by Gasteiger charge is 2.37. The molecule has 3 aromatic heterocycles. The monoisotopic (exact) mass is 479 g/mol. The standard InChI is InChI=1S/C20H20F3N9O2/c1-12(28-16-8-27-29-18(33)17(16)20(21,22)23)10-34-11-14-4-15-9-31(2-3-32(15)30-14)19-25-6-13(5-24)7-26-19/h4,6-8,12H,2-3,9-11H2,1H3,(H2,28,29,33)/t12-/m0/s1/i9D2,11D2. The number of ether oxygens (including phenoxy) is 1. The summed E-state index contributed by atoms with van der Waals surface area (Å²) in [5.74, 6) is 0.0367. The molecule has 4 rings (SSSR count). The molecule has 0 radical (unpaired) electrons. The summed E-state index contributed by atoms with van der Waals surface area (Å²) in [6, 6.07) is 2.18. The molecule has 0 saturated heterocycles. The highest BCUT2D eigenvalue weighted by molar-refractivity contribution is 5.50. The van der Waals surface area contributed by atoms with Crippen molar-refractivity contribution in [3.8, 4) is 6.07 Å². The van der Waals surface area contributed by atoms with Crippen molar-refractivity contribution in [1.29, 1.82) is 5.26 Å². The molecule has 0 spiro atoms. The number of anilines is 2. The van der Waals surface area contributed by atoms with Crippen molar-refractivity contribution in [2.45, 2.75) is 38.7 Å². The molecule has 1 aliphatic heterocycles. The number of aromatic amines is 1. The van der Waals surface area contributed by atoms with Crippen LogP contribution in [-0.2, 0) is 30.5 Å². The van der Waals surface area contributed by atoms with Gasteiger partial charge < -0.3 is 15.0 Å². The highest BCUT2D eigenvalue weighted by Crippen LogP contribution is 2.31. The molecule has 4 heterocycles. The number of halogens is 3. The maximum absolute atomic E-state index is 13.3. The topological polar surface area (TPSA) is 138 Å². The molecule has 0 saturated carbocycles. The highest BCUT2D eigenvalue weighted by atomic mass is 19.4. The zero-order chi connectivity index (χ0) is 27.9. The smallest absolute Gasteiger partial charge is 0.378 e. The minimum absolute atomic E-state index is 0.00904. The van der Waals surface area contributed by atoms with Gasteiger partial charge in [-0.25, -0.2) is 15.1 Å². The Balaban J connectivity index is 1.49. The molecule has 1 atom stereocenters. The van der Waals surface area contributed by atoms with Gasteiger partial charge in [0.25, 0.3) is 5.56 Å². The van der Waals surface area contributed by atoms with Crippen molar-refractivity contribution in [1.82, 2.24) is 29.9 Å². The third-order valence-corrected chi connectivity index (χ3v) is 4.63. The number of nitrogens with one attached hydrogen (secondary N) is 2. The van der Waals surface area contributed by atoms with E-state index in [9.17, 15) is 18.0 Å². The minimum Gasteiger partial charge on any atom is -0.378 e. The van der Waals surface area contributed by atoms with Crippen LogP contribution in [0.15, 0.2) is 29.5 Å². The zero-order valence-corrected chi connectivity index (χ0v) is 17.6. The summed E-state index contributed by atoms with van der Waals surface area (Å²) in [6.07, 6.45) is -1.63. The SMILES string of the molecule is [2H]C([2H])(OC[C@H](C)Nc1cn[nH]c(=O)c1C(F)(F)F)c1cc2n(n1)CCN(c1ncc(C#N)cn1)C2([2H])[2H]. The number of hydrogen-bond donors (Lipinski definition) is 2. The van der Waals surface area contributed by atoms with Crippen molar-refractivity contribution >= 4 is 11.6 Å². The summed E-state index contributed by atoms with van der Waals surface area (Å²) in [7, 11) is 0. The van der Waals surface area contributed by atoms with Crippen LogP contribution in [0.2, 0.25) is 0 Å². The van der Waals surface area contributed by atoms with Crippen molar-refractivity contribution in [2.24, 2.45) is 0 Å². The molecule has 2 N–H and O–H groups in total. The minimum atomic E-state index is -4.95. The first-order valence-corrected chi connectivity index (χ1v) is 9.88. The van der Waals surface area contributed by atoms with Gasteiger partial charge in [0.15, 0.2) is 0 Å². The van der Waals surface area contributed by atoms with E-state index in [0.29, 0.717) is 0 Å². The van der Waals surface area contributed by atoms with Crippen molar-refractivity contribution < 1.29 is 23.4 Å². The van der Waals surface area contributed by atoms with Crippen LogP contribution in [0.1, 0.15) is 34.9 Å². The second kappa shape index (κ2) is 9.48. The van der Waals surface area contributed by atoms with E-state index < -0.39 is 48.7 Å². The third kappa shape index (κ3) is 5.15. The predicted molar refractivity (Wildman–Crippen MR) is 113 cm³/mol. The Morgan fingerprint density at radius 1 is 1.38 bits per heavy atom. The zero-order valence-electron chi connectivity index (χ0n) is 21.6. The van der Waals surface area contributed by atoms with Crippen LogP contribution in [0.5, 0.6) is 0 Å². The number of hydrogen-bond acceptors (Lipinski definition) is 9. The fourth-order valence-corrected chi connectivity index (χ4v) is 3.12. The molecule has 0 bridgehead atoms. The number of alkyl halides is 3. The van der Waals surface area contributed by atoms with Gasteiger partial charge in [-0.2, -0.15) is 28.6 Å². The number of nitrogens with zero attached hydrogens (tertiary/aromatic N) is 7. The maximum Gasteiger partial charge on any atom is 0.423 e. The number of nitriles is 1. The lowest BCUT2D eigenvalue weighted by atomic mass is 10.2. The van der Waals surface area contributed by atoms with Crippen molar-refractivity contribution in [3.05, 3.63) is 57.5 Å². The molecule has 3 aromatic rings. The lowest BCUT2D eigenvalue weighted by Gasteiger charge is -2.27. The average molecular weight is 479 g/mol. The predicted octanol–water partition coefficient (Wildman–Crippen LogP) is 1.68. The maximum atomic E-state index is 13.3. The molecule has 0 unspecified atom stereocenters. The lowest BCUT2D eigenvalue weighted by Crippen LogP contribution is -2.34. The Labute approximate surface area is 196 Å². The van der Waals surface area contributed by atoms with E-state index in [2.05, 4.69) is 25.5 Å². The van der Waals surface area contributed by atoms with Crippen molar-refractivity contribution in [3.63, 3.8) is 0 Å². The van der Waals surface area contributed by atoms with Crippen molar-refractivity contribution in [2.75, 3.05) is 23.4 Å². The second-order valence-corrected chi connectivity index (χ2v) is 7.23. The molecule has 0 amide bonds. The van der Waals surface area contributed by atoms with Gasteiger partial charge in [0.2, 0.25) is 5.95 Å². The largest absolute Gasteiger partial charge is 0.423 e. The normalized spacial score (nSPS) is 18.0. The van der Waals surface area contributed by atoms with Crippen LogP contribution in [0.3, 0.4) is 0 Å². The van der Waals surface area contributed by atoms with Crippen LogP contribution in [0, 0.1) is 11.3 Å². The van der Waals surface area contributed by atoms with Crippen LogP contribution in [0.25, 0.3) is 0 Å². The third-order valence-electron chi connectivity index (χ3n) is 4.63. The van der Waals surface area contributed by atoms with Gasteiger partial charge in [-0.1, -0.05) is 0 Å². The van der Waals surface area contributed by atoms with E-state index in [1.165, 1.54) is 35.0 Å². The first kappa shape index (κ1) is 18.4. The average Bonchev–Trinajstić information content (AvgIpc) is 3.29. The Morgan fingerprint density at radius 2 is 2.15 bits per heavy atom. The van der Waals surface area contributed by atoms with Gasteiger partial charge in [0.05, 0.1) is 72.9 Å². The Kier molecular flexibility index (Phi) is 5.14. The molecular formula is C20H20F3N9O2. The molecule has 0 aromatic carbocycles.